The second-order valence-corrected chi connectivity index (χ2v) is 2.77. The molecule has 1 heteroatoms. The van der Waals surface area contributed by atoms with Crippen LogP contribution in [0.15, 0.2) is 54.7 Å². The van der Waals surface area contributed by atoms with Gasteiger partial charge in [0.05, 0.1) is 5.71 Å². The van der Waals surface area contributed by atoms with Gasteiger partial charge in [-0.25, -0.2) is 0 Å². The van der Waals surface area contributed by atoms with E-state index in [4.69, 9.17) is 0 Å². The highest BCUT2D eigenvalue weighted by Gasteiger charge is 1.96. The van der Waals surface area contributed by atoms with Gasteiger partial charge in [-0.05, 0) is 19.1 Å². The molecule has 0 amide bonds. The zero-order chi connectivity index (χ0) is 9.68. The summed E-state index contributed by atoms with van der Waals surface area (Å²) < 4.78 is 0. The third-order valence-electron chi connectivity index (χ3n) is 1.74. The topological polar surface area (TPSA) is 12.4 Å². The monoisotopic (exact) mass is 171 g/mol. The molecule has 0 saturated carbocycles. The lowest BCUT2D eigenvalue weighted by molar-refractivity contribution is 1.45. The Bertz CT molecular complexity index is 348. The van der Waals surface area contributed by atoms with Crippen LogP contribution >= 0.6 is 0 Å². The first-order valence-electron chi connectivity index (χ1n) is 4.16. The SMILES string of the molecule is C=CN=C(C=C)c1cccc(C)c1. The number of rotatable bonds is 3. The van der Waals surface area contributed by atoms with E-state index >= 15 is 0 Å². The number of allylic oxidation sites excluding steroid dienone is 1. The van der Waals surface area contributed by atoms with Gasteiger partial charge in [0.25, 0.3) is 0 Å². The number of aryl methyl sites for hydroxylation is 1. The molecule has 0 atom stereocenters. The molecule has 0 radical (unpaired) electrons. The molecule has 0 N–H and O–H groups in total. The lowest BCUT2D eigenvalue weighted by atomic mass is 10.1. The summed E-state index contributed by atoms with van der Waals surface area (Å²) in [6.07, 6.45) is 3.26. The fraction of sp³-hybridized carbons (Fsp3) is 0.0833. The molecule has 1 nitrogen and oxygen atoms in total. The number of benzene rings is 1. The first kappa shape index (κ1) is 9.46. The van der Waals surface area contributed by atoms with Gasteiger partial charge in [-0.1, -0.05) is 36.9 Å². The standard InChI is InChI=1S/C12H13N/c1-4-12(13-5-2)11-8-6-7-10(3)9-11/h4-9H,1-2H2,3H3. The van der Waals surface area contributed by atoms with Crippen molar-refractivity contribution in [2.75, 3.05) is 0 Å². The van der Waals surface area contributed by atoms with Crippen LogP contribution < -0.4 is 0 Å². The van der Waals surface area contributed by atoms with Crippen molar-refractivity contribution in [3.63, 3.8) is 0 Å². The first-order chi connectivity index (χ1) is 6.27. The van der Waals surface area contributed by atoms with E-state index in [1.54, 1.807) is 6.08 Å². The number of aliphatic imine (C=N–C) groups is 1. The summed E-state index contributed by atoms with van der Waals surface area (Å²) in [5, 5.41) is 0. The Morgan fingerprint density at radius 3 is 2.69 bits per heavy atom. The van der Waals surface area contributed by atoms with Crippen LogP contribution in [0, 0.1) is 6.92 Å². The molecule has 0 aromatic heterocycles. The summed E-state index contributed by atoms with van der Waals surface area (Å²) in [7, 11) is 0. The Morgan fingerprint density at radius 2 is 2.15 bits per heavy atom. The second kappa shape index (κ2) is 4.41. The van der Waals surface area contributed by atoms with Crippen LogP contribution in [0.3, 0.4) is 0 Å². The molecule has 0 aliphatic heterocycles. The average molecular weight is 171 g/mol. The highest BCUT2D eigenvalue weighted by Crippen LogP contribution is 2.06. The fourth-order valence-corrected chi connectivity index (χ4v) is 1.15. The molecule has 0 fully saturated rings. The summed E-state index contributed by atoms with van der Waals surface area (Å²) in [6.45, 7) is 9.32. The highest BCUT2D eigenvalue weighted by atomic mass is 14.7. The Hall–Kier alpha value is -1.63. The molecule has 0 spiro atoms. The van der Waals surface area contributed by atoms with Gasteiger partial charge < -0.3 is 0 Å². The minimum absolute atomic E-state index is 0.860. The van der Waals surface area contributed by atoms with E-state index in [1.807, 2.05) is 12.1 Å². The van der Waals surface area contributed by atoms with Gasteiger partial charge in [0.2, 0.25) is 0 Å². The summed E-state index contributed by atoms with van der Waals surface area (Å²) in [5.74, 6) is 0. The fourth-order valence-electron chi connectivity index (χ4n) is 1.15. The smallest absolute Gasteiger partial charge is 0.0695 e. The molecule has 0 unspecified atom stereocenters. The average Bonchev–Trinajstić information content (AvgIpc) is 2.14. The third kappa shape index (κ3) is 2.41. The van der Waals surface area contributed by atoms with Crippen molar-refractivity contribution < 1.29 is 0 Å². The molecule has 66 valence electrons. The van der Waals surface area contributed by atoms with E-state index in [9.17, 15) is 0 Å². The number of hydrogen-bond acceptors (Lipinski definition) is 1. The van der Waals surface area contributed by atoms with Crippen molar-refractivity contribution in [2.45, 2.75) is 6.92 Å². The second-order valence-electron chi connectivity index (χ2n) is 2.77. The Balaban J connectivity index is 3.12. The number of nitrogens with zero attached hydrogens (tertiary/aromatic N) is 1. The Kier molecular flexibility index (Phi) is 3.21. The van der Waals surface area contributed by atoms with Crippen LogP contribution in [0.4, 0.5) is 0 Å². The van der Waals surface area contributed by atoms with Gasteiger partial charge in [-0.15, -0.1) is 0 Å². The summed E-state index contributed by atoms with van der Waals surface area (Å²) in [6, 6.07) is 8.14. The lowest BCUT2D eigenvalue weighted by Crippen LogP contribution is -1.95. The quantitative estimate of drug-likeness (QED) is 0.620. The van der Waals surface area contributed by atoms with Crippen LogP contribution in [0.1, 0.15) is 11.1 Å². The Labute approximate surface area is 79.1 Å². The molecular formula is C12H13N. The maximum atomic E-state index is 4.12. The largest absolute Gasteiger partial charge is 0.257 e. The summed E-state index contributed by atoms with van der Waals surface area (Å²) in [4.78, 5) is 4.12. The van der Waals surface area contributed by atoms with Crippen LogP contribution in [0.25, 0.3) is 0 Å². The van der Waals surface area contributed by atoms with Gasteiger partial charge in [0, 0.05) is 11.8 Å². The van der Waals surface area contributed by atoms with E-state index in [-0.39, 0.29) is 0 Å². The maximum absolute atomic E-state index is 4.12. The van der Waals surface area contributed by atoms with E-state index in [2.05, 4.69) is 37.2 Å². The van der Waals surface area contributed by atoms with Crippen molar-refractivity contribution in [3.05, 3.63) is 60.8 Å². The van der Waals surface area contributed by atoms with E-state index < -0.39 is 0 Å². The lowest BCUT2D eigenvalue weighted by Gasteiger charge is -2.00. The number of hydrogen-bond donors (Lipinski definition) is 0. The normalized spacial score (nSPS) is 11.0. The van der Waals surface area contributed by atoms with Gasteiger partial charge in [0.1, 0.15) is 0 Å². The van der Waals surface area contributed by atoms with Gasteiger partial charge in [-0.3, -0.25) is 4.99 Å². The maximum Gasteiger partial charge on any atom is 0.0695 e. The molecule has 0 aliphatic rings. The molecule has 1 aromatic rings. The van der Waals surface area contributed by atoms with Crippen LogP contribution in [0.5, 0.6) is 0 Å². The van der Waals surface area contributed by atoms with E-state index in [0.29, 0.717) is 0 Å². The zero-order valence-corrected chi connectivity index (χ0v) is 7.83. The van der Waals surface area contributed by atoms with Crippen LogP contribution in [-0.2, 0) is 0 Å². The third-order valence-corrected chi connectivity index (χ3v) is 1.74. The molecule has 0 saturated heterocycles. The minimum Gasteiger partial charge on any atom is -0.257 e. The Morgan fingerprint density at radius 1 is 1.38 bits per heavy atom. The van der Waals surface area contributed by atoms with Crippen molar-refractivity contribution in [3.8, 4) is 0 Å². The zero-order valence-electron chi connectivity index (χ0n) is 7.83. The van der Waals surface area contributed by atoms with Crippen molar-refractivity contribution in [1.29, 1.82) is 0 Å². The van der Waals surface area contributed by atoms with Gasteiger partial charge in [-0.2, -0.15) is 0 Å². The summed E-state index contributed by atoms with van der Waals surface area (Å²) >= 11 is 0. The van der Waals surface area contributed by atoms with E-state index in [1.165, 1.54) is 11.8 Å². The molecule has 1 aromatic carbocycles. The predicted molar refractivity (Wildman–Crippen MR) is 58.1 cm³/mol. The molecule has 1 rings (SSSR count). The molecule has 0 aliphatic carbocycles. The van der Waals surface area contributed by atoms with Crippen molar-refractivity contribution in [2.24, 2.45) is 4.99 Å². The molecule has 0 heterocycles. The van der Waals surface area contributed by atoms with Crippen LogP contribution in [-0.4, -0.2) is 5.71 Å². The molecule has 13 heavy (non-hydrogen) atoms. The van der Waals surface area contributed by atoms with Crippen molar-refractivity contribution >= 4 is 5.71 Å². The van der Waals surface area contributed by atoms with Crippen LogP contribution in [0.2, 0.25) is 0 Å². The predicted octanol–water partition coefficient (Wildman–Crippen LogP) is 3.11. The first-order valence-corrected chi connectivity index (χ1v) is 4.16. The van der Waals surface area contributed by atoms with Gasteiger partial charge in [0.15, 0.2) is 0 Å². The summed E-state index contributed by atoms with van der Waals surface area (Å²) in [5.41, 5.74) is 3.16. The van der Waals surface area contributed by atoms with E-state index in [0.717, 1.165) is 11.3 Å². The van der Waals surface area contributed by atoms with Crippen molar-refractivity contribution in [1.82, 2.24) is 0 Å². The minimum atomic E-state index is 0.860. The highest BCUT2D eigenvalue weighted by molar-refractivity contribution is 6.08. The molecule has 0 bridgehead atoms. The van der Waals surface area contributed by atoms with Gasteiger partial charge >= 0.3 is 0 Å². The molecular weight excluding hydrogens is 158 g/mol.